The fourth-order valence-electron chi connectivity index (χ4n) is 1.58. The Kier molecular flexibility index (Phi) is 5.76. The molecule has 0 amide bonds. The van der Waals surface area contributed by atoms with Crippen LogP contribution in [0.3, 0.4) is 0 Å². The predicted molar refractivity (Wildman–Crippen MR) is 73.1 cm³/mol. The van der Waals surface area contributed by atoms with Gasteiger partial charge < -0.3 is 4.74 Å². The summed E-state index contributed by atoms with van der Waals surface area (Å²) in [5.74, 6) is -0.443. The van der Waals surface area contributed by atoms with Crippen LogP contribution in [0.25, 0.3) is 0 Å². The summed E-state index contributed by atoms with van der Waals surface area (Å²) in [7, 11) is 0. The molecule has 7 heteroatoms. The van der Waals surface area contributed by atoms with Crippen molar-refractivity contribution < 1.29 is 14.5 Å². The van der Waals surface area contributed by atoms with Crippen molar-refractivity contribution in [2.24, 2.45) is 10.2 Å². The third-order valence-corrected chi connectivity index (χ3v) is 2.72. The Hall–Kier alpha value is -2.31. The summed E-state index contributed by atoms with van der Waals surface area (Å²) in [5, 5.41) is 18.7. The van der Waals surface area contributed by atoms with Gasteiger partial charge in [-0.1, -0.05) is 13.0 Å². The maximum atomic E-state index is 11.6. The number of nitro benzene ring substituents is 1. The monoisotopic (exact) mass is 279 g/mol. The fraction of sp³-hybridized carbons (Fsp3) is 0.462. The Labute approximate surface area is 116 Å². The molecule has 7 nitrogen and oxygen atoms in total. The lowest BCUT2D eigenvalue weighted by molar-refractivity contribution is -0.385. The number of carbonyl (C=O) groups is 1. The summed E-state index contributed by atoms with van der Waals surface area (Å²) in [4.78, 5) is 21.9. The van der Waals surface area contributed by atoms with Crippen molar-refractivity contribution in [1.29, 1.82) is 0 Å². The van der Waals surface area contributed by atoms with Crippen molar-refractivity contribution in [3.63, 3.8) is 0 Å². The van der Waals surface area contributed by atoms with Crippen molar-refractivity contribution in [3.8, 4) is 0 Å². The van der Waals surface area contributed by atoms with Gasteiger partial charge in [0, 0.05) is 6.07 Å². The maximum Gasteiger partial charge on any atom is 0.332 e. The Bertz CT molecular complexity index is 528. The molecule has 1 atom stereocenters. The lowest BCUT2D eigenvalue weighted by atomic mass is 10.1. The van der Waals surface area contributed by atoms with Gasteiger partial charge in [-0.25, -0.2) is 4.79 Å². The minimum Gasteiger partial charge on any atom is -0.464 e. The number of hydrogen-bond donors (Lipinski definition) is 0. The van der Waals surface area contributed by atoms with Gasteiger partial charge in [0.15, 0.2) is 6.04 Å². The Morgan fingerprint density at radius 1 is 1.45 bits per heavy atom. The van der Waals surface area contributed by atoms with E-state index >= 15 is 0 Å². The first-order valence-electron chi connectivity index (χ1n) is 6.32. The molecule has 1 aromatic carbocycles. The summed E-state index contributed by atoms with van der Waals surface area (Å²) in [6.45, 7) is 5.38. The number of nitro groups is 1. The highest BCUT2D eigenvalue weighted by molar-refractivity contribution is 5.75. The molecule has 0 aliphatic heterocycles. The van der Waals surface area contributed by atoms with Crippen molar-refractivity contribution in [2.45, 2.75) is 33.2 Å². The molecule has 0 spiro atoms. The van der Waals surface area contributed by atoms with Gasteiger partial charge >= 0.3 is 5.97 Å². The molecule has 0 aromatic heterocycles. The van der Waals surface area contributed by atoms with Gasteiger partial charge in [0.2, 0.25) is 0 Å². The topological polar surface area (TPSA) is 94.2 Å². The minimum absolute atomic E-state index is 0.0226. The van der Waals surface area contributed by atoms with Crippen LogP contribution >= 0.6 is 0 Å². The van der Waals surface area contributed by atoms with E-state index in [-0.39, 0.29) is 12.3 Å². The number of azo groups is 1. The average molecular weight is 279 g/mol. The largest absolute Gasteiger partial charge is 0.464 e. The maximum absolute atomic E-state index is 11.6. The molecule has 0 radical (unpaired) electrons. The van der Waals surface area contributed by atoms with Gasteiger partial charge in [-0.3, -0.25) is 10.1 Å². The molecule has 0 aliphatic carbocycles. The molecule has 0 heterocycles. The predicted octanol–water partition coefficient (Wildman–Crippen LogP) is 3.33. The fourth-order valence-corrected chi connectivity index (χ4v) is 1.58. The van der Waals surface area contributed by atoms with E-state index in [1.165, 1.54) is 12.1 Å². The summed E-state index contributed by atoms with van der Waals surface area (Å²) in [6, 6.07) is 3.86. The van der Waals surface area contributed by atoms with E-state index in [0.717, 1.165) is 0 Å². The number of carbonyl (C=O) groups excluding carboxylic acids is 1. The highest BCUT2D eigenvalue weighted by Crippen LogP contribution is 2.27. The third-order valence-electron chi connectivity index (χ3n) is 2.72. The van der Waals surface area contributed by atoms with Crippen LogP contribution in [0.1, 0.15) is 25.8 Å². The van der Waals surface area contributed by atoms with E-state index in [2.05, 4.69) is 10.2 Å². The summed E-state index contributed by atoms with van der Waals surface area (Å²) < 4.78 is 4.87. The number of nitrogens with zero attached hydrogens (tertiary/aromatic N) is 3. The zero-order valence-corrected chi connectivity index (χ0v) is 11.7. The standard InChI is InChI=1S/C13H17N3O4/c1-4-10(13(17)20-5-2)14-15-11-7-6-8-12(9(11)3)16(18)19/h6-8,10H,4-5H2,1-3H3. The molecule has 0 bridgehead atoms. The zero-order chi connectivity index (χ0) is 15.1. The van der Waals surface area contributed by atoms with Crippen LogP contribution in [0.2, 0.25) is 0 Å². The van der Waals surface area contributed by atoms with Crippen molar-refractivity contribution in [3.05, 3.63) is 33.9 Å². The van der Waals surface area contributed by atoms with Crippen LogP contribution in [0, 0.1) is 17.0 Å². The highest BCUT2D eigenvalue weighted by atomic mass is 16.6. The van der Waals surface area contributed by atoms with Crippen molar-refractivity contribution in [1.82, 2.24) is 0 Å². The van der Waals surface area contributed by atoms with Gasteiger partial charge in [0.1, 0.15) is 0 Å². The van der Waals surface area contributed by atoms with E-state index in [1.54, 1.807) is 26.8 Å². The van der Waals surface area contributed by atoms with Gasteiger partial charge in [0.05, 0.1) is 22.8 Å². The van der Waals surface area contributed by atoms with Crippen LogP contribution in [0.5, 0.6) is 0 Å². The number of benzene rings is 1. The Morgan fingerprint density at radius 2 is 2.15 bits per heavy atom. The number of ether oxygens (including phenoxy) is 1. The van der Waals surface area contributed by atoms with Crippen molar-refractivity contribution in [2.75, 3.05) is 6.61 Å². The van der Waals surface area contributed by atoms with Crippen molar-refractivity contribution >= 4 is 17.3 Å². The van der Waals surface area contributed by atoms with E-state index in [9.17, 15) is 14.9 Å². The Balaban J connectivity index is 2.97. The molecule has 1 rings (SSSR count). The summed E-state index contributed by atoms with van der Waals surface area (Å²) >= 11 is 0. The minimum atomic E-state index is -0.686. The molecule has 0 fully saturated rings. The second-order valence-corrected chi connectivity index (χ2v) is 4.07. The number of rotatable bonds is 6. The normalized spacial score (nSPS) is 12.3. The van der Waals surface area contributed by atoms with Crippen LogP contribution in [-0.2, 0) is 9.53 Å². The summed E-state index contributed by atoms with van der Waals surface area (Å²) in [5.41, 5.74) is 0.771. The smallest absolute Gasteiger partial charge is 0.332 e. The average Bonchev–Trinajstić information content (AvgIpc) is 2.41. The quantitative estimate of drug-likeness (QED) is 0.345. The van der Waals surface area contributed by atoms with Gasteiger partial charge in [-0.05, 0) is 26.3 Å². The van der Waals surface area contributed by atoms with Crippen LogP contribution in [0.4, 0.5) is 11.4 Å². The van der Waals surface area contributed by atoms with E-state index < -0.39 is 16.9 Å². The second kappa shape index (κ2) is 7.32. The number of esters is 1. The SMILES string of the molecule is CCOC(=O)C(CC)N=Nc1cccc([N+](=O)[O-])c1C. The summed E-state index contributed by atoms with van der Waals surface area (Å²) in [6.07, 6.45) is 0.455. The molecular weight excluding hydrogens is 262 g/mol. The van der Waals surface area contributed by atoms with Gasteiger partial charge in [-0.15, -0.1) is 0 Å². The Morgan fingerprint density at radius 3 is 2.70 bits per heavy atom. The van der Waals surface area contributed by atoms with E-state index in [0.29, 0.717) is 17.7 Å². The van der Waals surface area contributed by atoms with E-state index in [1.807, 2.05) is 0 Å². The first-order valence-corrected chi connectivity index (χ1v) is 6.32. The lowest BCUT2D eigenvalue weighted by Gasteiger charge is -2.07. The number of hydrogen-bond acceptors (Lipinski definition) is 6. The molecule has 0 N–H and O–H groups in total. The zero-order valence-electron chi connectivity index (χ0n) is 11.7. The molecule has 20 heavy (non-hydrogen) atoms. The van der Waals surface area contributed by atoms with Crippen LogP contribution in [0.15, 0.2) is 28.4 Å². The molecule has 0 saturated carbocycles. The van der Waals surface area contributed by atoms with Gasteiger partial charge in [0.25, 0.3) is 5.69 Å². The molecule has 0 aliphatic rings. The van der Waals surface area contributed by atoms with E-state index in [4.69, 9.17) is 4.74 Å². The first-order chi connectivity index (χ1) is 9.51. The lowest BCUT2D eigenvalue weighted by Crippen LogP contribution is -2.20. The molecule has 1 unspecified atom stereocenters. The first kappa shape index (κ1) is 15.7. The molecular formula is C13H17N3O4. The molecule has 108 valence electrons. The second-order valence-electron chi connectivity index (χ2n) is 4.07. The van der Waals surface area contributed by atoms with Crippen LogP contribution < -0.4 is 0 Å². The molecule has 0 saturated heterocycles. The molecule has 1 aromatic rings. The van der Waals surface area contributed by atoms with Gasteiger partial charge in [-0.2, -0.15) is 10.2 Å². The highest BCUT2D eigenvalue weighted by Gasteiger charge is 2.17. The third kappa shape index (κ3) is 3.84. The van der Waals surface area contributed by atoms with Crippen LogP contribution in [-0.4, -0.2) is 23.5 Å².